The third-order valence-corrected chi connectivity index (χ3v) is 3.40. The van der Waals surface area contributed by atoms with Crippen LogP contribution in [-0.4, -0.2) is 5.78 Å². The predicted molar refractivity (Wildman–Crippen MR) is 79.7 cm³/mol. The minimum atomic E-state index is 0.131. The normalized spacial score (nSPS) is 10.7. The van der Waals surface area contributed by atoms with Crippen molar-refractivity contribution in [1.82, 2.24) is 0 Å². The standard InChI is InChI=1S/C18H16NO/c1-14-11-16-9-5-6-10-17(16)19(12-14)13-18(20)15-7-3-2-4-8-15/h2-12H,13H2,1H3/q+1. The Bertz CT molecular complexity index is 763. The SMILES string of the molecule is Cc1cc2ccccc2[n+](CC(=O)c2ccccc2)c1. The second kappa shape index (κ2) is 5.25. The van der Waals surface area contributed by atoms with Crippen molar-refractivity contribution in [2.24, 2.45) is 0 Å². The second-order valence-corrected chi connectivity index (χ2v) is 4.99. The summed E-state index contributed by atoms with van der Waals surface area (Å²) in [7, 11) is 0. The molecule has 3 aromatic rings. The van der Waals surface area contributed by atoms with Gasteiger partial charge in [0.25, 0.3) is 0 Å². The van der Waals surface area contributed by atoms with E-state index < -0.39 is 0 Å². The average Bonchev–Trinajstić information content (AvgIpc) is 2.48. The quantitative estimate of drug-likeness (QED) is 0.524. The van der Waals surface area contributed by atoms with Crippen LogP contribution in [0.2, 0.25) is 0 Å². The molecule has 20 heavy (non-hydrogen) atoms. The molecule has 0 bridgehead atoms. The fourth-order valence-corrected chi connectivity index (χ4v) is 2.47. The number of rotatable bonds is 3. The Balaban J connectivity index is 2.01. The highest BCUT2D eigenvalue weighted by atomic mass is 16.1. The number of pyridine rings is 1. The highest BCUT2D eigenvalue weighted by Gasteiger charge is 2.15. The van der Waals surface area contributed by atoms with Gasteiger partial charge in [-0.15, -0.1) is 0 Å². The summed E-state index contributed by atoms with van der Waals surface area (Å²) in [4.78, 5) is 12.3. The molecule has 0 atom stereocenters. The van der Waals surface area contributed by atoms with Crippen LogP contribution in [0.4, 0.5) is 0 Å². The Morgan fingerprint density at radius 1 is 1.00 bits per heavy atom. The first-order valence-electron chi connectivity index (χ1n) is 6.71. The van der Waals surface area contributed by atoms with Crippen molar-refractivity contribution < 1.29 is 9.36 Å². The van der Waals surface area contributed by atoms with Crippen molar-refractivity contribution in [1.29, 1.82) is 0 Å². The van der Waals surface area contributed by atoms with E-state index in [1.165, 1.54) is 0 Å². The maximum Gasteiger partial charge on any atom is 0.227 e. The van der Waals surface area contributed by atoms with E-state index in [1.54, 1.807) is 0 Å². The number of hydrogen-bond acceptors (Lipinski definition) is 1. The summed E-state index contributed by atoms with van der Waals surface area (Å²) in [5, 5.41) is 1.16. The zero-order valence-corrected chi connectivity index (χ0v) is 11.4. The van der Waals surface area contributed by atoms with E-state index in [4.69, 9.17) is 0 Å². The molecule has 3 rings (SSSR count). The van der Waals surface area contributed by atoms with Crippen LogP contribution in [0.15, 0.2) is 66.9 Å². The van der Waals surface area contributed by atoms with Crippen molar-refractivity contribution in [3.8, 4) is 0 Å². The number of fused-ring (bicyclic) bond motifs is 1. The van der Waals surface area contributed by atoms with E-state index in [0.29, 0.717) is 6.54 Å². The molecule has 0 saturated heterocycles. The van der Waals surface area contributed by atoms with Crippen molar-refractivity contribution in [3.05, 3.63) is 78.0 Å². The van der Waals surface area contributed by atoms with E-state index in [2.05, 4.69) is 19.1 Å². The van der Waals surface area contributed by atoms with Crippen LogP contribution in [0.5, 0.6) is 0 Å². The number of aromatic nitrogens is 1. The largest absolute Gasteiger partial charge is 0.287 e. The van der Waals surface area contributed by atoms with Crippen LogP contribution in [0.3, 0.4) is 0 Å². The number of aryl methyl sites for hydroxylation is 1. The monoisotopic (exact) mass is 262 g/mol. The molecule has 0 aliphatic rings. The van der Waals surface area contributed by atoms with Gasteiger partial charge in [0.05, 0.1) is 0 Å². The van der Waals surface area contributed by atoms with Gasteiger partial charge in [-0.3, -0.25) is 4.79 Å². The van der Waals surface area contributed by atoms with Crippen molar-refractivity contribution in [2.75, 3.05) is 0 Å². The highest BCUT2D eigenvalue weighted by Crippen LogP contribution is 2.11. The van der Waals surface area contributed by atoms with Gasteiger partial charge in [-0.05, 0) is 19.1 Å². The number of benzene rings is 2. The van der Waals surface area contributed by atoms with Crippen LogP contribution < -0.4 is 4.57 Å². The molecule has 0 aliphatic heterocycles. The fraction of sp³-hybridized carbons (Fsp3) is 0.111. The molecule has 0 saturated carbocycles. The molecule has 2 nitrogen and oxygen atoms in total. The number of carbonyl (C=O) groups excluding carboxylic acids is 1. The molecule has 2 aromatic carbocycles. The van der Waals surface area contributed by atoms with Gasteiger partial charge < -0.3 is 0 Å². The molecule has 98 valence electrons. The van der Waals surface area contributed by atoms with Gasteiger partial charge >= 0.3 is 0 Å². The summed E-state index contributed by atoms with van der Waals surface area (Å²) in [5.74, 6) is 0.131. The Morgan fingerprint density at radius 3 is 2.50 bits per heavy atom. The van der Waals surface area contributed by atoms with Crippen LogP contribution in [0.1, 0.15) is 15.9 Å². The molecule has 2 heteroatoms. The van der Waals surface area contributed by atoms with E-state index in [1.807, 2.05) is 59.3 Å². The minimum Gasteiger partial charge on any atom is -0.287 e. The number of nitrogens with zero attached hydrogens (tertiary/aromatic N) is 1. The molecule has 0 amide bonds. The van der Waals surface area contributed by atoms with E-state index >= 15 is 0 Å². The first kappa shape index (κ1) is 12.5. The zero-order valence-electron chi connectivity index (χ0n) is 11.4. The molecular weight excluding hydrogens is 246 g/mol. The lowest BCUT2D eigenvalue weighted by Crippen LogP contribution is -2.38. The summed E-state index contributed by atoms with van der Waals surface area (Å²) in [6.07, 6.45) is 2.03. The minimum absolute atomic E-state index is 0.131. The Morgan fingerprint density at radius 2 is 1.70 bits per heavy atom. The molecule has 1 heterocycles. The smallest absolute Gasteiger partial charge is 0.227 e. The highest BCUT2D eigenvalue weighted by molar-refractivity contribution is 5.95. The Kier molecular flexibility index (Phi) is 3.30. The first-order chi connectivity index (χ1) is 9.74. The maximum absolute atomic E-state index is 12.3. The number of Topliss-reactive ketones (excluding diaryl/α,β-unsaturated/α-hetero) is 1. The zero-order chi connectivity index (χ0) is 13.9. The van der Waals surface area contributed by atoms with E-state index in [9.17, 15) is 4.79 Å². The summed E-state index contributed by atoms with van der Waals surface area (Å²) in [6, 6.07) is 19.7. The van der Waals surface area contributed by atoms with E-state index in [-0.39, 0.29) is 5.78 Å². The summed E-state index contributed by atoms with van der Waals surface area (Å²) >= 11 is 0. The van der Waals surface area contributed by atoms with Gasteiger partial charge in [-0.2, -0.15) is 4.57 Å². The van der Waals surface area contributed by atoms with Gasteiger partial charge in [0.1, 0.15) is 0 Å². The van der Waals surface area contributed by atoms with Gasteiger partial charge in [0.2, 0.25) is 17.8 Å². The van der Waals surface area contributed by atoms with Crippen molar-refractivity contribution in [2.45, 2.75) is 13.5 Å². The van der Waals surface area contributed by atoms with Crippen LogP contribution in [0.25, 0.3) is 10.9 Å². The van der Waals surface area contributed by atoms with Crippen LogP contribution in [0, 0.1) is 6.92 Å². The second-order valence-electron chi connectivity index (χ2n) is 4.99. The molecule has 0 radical (unpaired) electrons. The van der Waals surface area contributed by atoms with Crippen molar-refractivity contribution >= 4 is 16.7 Å². The molecular formula is C18H16NO+. The Hall–Kier alpha value is -2.48. The molecule has 0 fully saturated rings. The van der Waals surface area contributed by atoms with Crippen LogP contribution in [-0.2, 0) is 6.54 Å². The van der Waals surface area contributed by atoms with Gasteiger partial charge in [0, 0.05) is 22.6 Å². The maximum atomic E-state index is 12.3. The lowest BCUT2D eigenvalue weighted by molar-refractivity contribution is -0.657. The van der Waals surface area contributed by atoms with Crippen LogP contribution >= 0.6 is 0 Å². The first-order valence-corrected chi connectivity index (χ1v) is 6.71. The van der Waals surface area contributed by atoms with Gasteiger partial charge in [0.15, 0.2) is 6.20 Å². The lowest BCUT2D eigenvalue weighted by Gasteiger charge is -2.03. The summed E-state index contributed by atoms with van der Waals surface area (Å²) in [6.45, 7) is 2.42. The summed E-state index contributed by atoms with van der Waals surface area (Å²) in [5.41, 5.74) is 3.00. The van der Waals surface area contributed by atoms with E-state index in [0.717, 1.165) is 22.0 Å². The number of ketones is 1. The number of para-hydroxylation sites is 1. The molecule has 0 N–H and O–H groups in total. The topological polar surface area (TPSA) is 20.9 Å². The van der Waals surface area contributed by atoms with Gasteiger partial charge in [-0.25, -0.2) is 0 Å². The molecule has 1 aromatic heterocycles. The predicted octanol–water partition coefficient (Wildman–Crippen LogP) is 3.32. The number of carbonyl (C=O) groups is 1. The Labute approximate surface area is 118 Å². The lowest BCUT2D eigenvalue weighted by atomic mass is 10.1. The summed E-state index contributed by atoms with van der Waals surface area (Å²) < 4.78 is 2.03. The van der Waals surface area contributed by atoms with Crippen molar-refractivity contribution in [3.63, 3.8) is 0 Å². The molecule has 0 unspecified atom stereocenters. The average molecular weight is 262 g/mol. The van der Waals surface area contributed by atoms with Gasteiger partial charge in [-0.1, -0.05) is 42.5 Å². The number of hydrogen-bond donors (Lipinski definition) is 0. The molecule has 0 aliphatic carbocycles. The third kappa shape index (κ3) is 2.45. The molecule has 0 spiro atoms. The fourth-order valence-electron chi connectivity index (χ4n) is 2.47. The third-order valence-electron chi connectivity index (χ3n) is 3.40.